The maximum Gasteiger partial charge on any atom is 0.253 e. The van der Waals surface area contributed by atoms with Crippen molar-refractivity contribution in [3.8, 4) is 0 Å². The lowest BCUT2D eigenvalue weighted by Gasteiger charge is -2.44. The largest absolute Gasteiger partial charge is 0.336 e. The Kier molecular flexibility index (Phi) is 6.01. The Morgan fingerprint density at radius 3 is 2.45 bits per heavy atom. The van der Waals surface area contributed by atoms with Gasteiger partial charge in [-0.1, -0.05) is 22.0 Å². The lowest BCUT2D eigenvalue weighted by molar-refractivity contribution is 0.0283. The van der Waals surface area contributed by atoms with Crippen molar-refractivity contribution >= 4 is 21.8 Å². The first-order valence-corrected chi connectivity index (χ1v) is 8.63. The van der Waals surface area contributed by atoms with E-state index in [4.69, 9.17) is 0 Å². The summed E-state index contributed by atoms with van der Waals surface area (Å²) < 4.78 is 0.948. The number of hydrogen-bond acceptors (Lipinski definition) is 3. The molecule has 1 aromatic carbocycles. The Balaban J connectivity index is 2.02. The van der Waals surface area contributed by atoms with Gasteiger partial charge in [-0.3, -0.25) is 9.69 Å². The maximum atomic E-state index is 12.7. The van der Waals surface area contributed by atoms with Gasteiger partial charge in [0.05, 0.1) is 0 Å². The highest BCUT2D eigenvalue weighted by Gasteiger charge is 2.31. The molecule has 2 rings (SSSR count). The van der Waals surface area contributed by atoms with E-state index in [0.717, 1.165) is 36.2 Å². The number of halogens is 1. The van der Waals surface area contributed by atoms with Crippen molar-refractivity contribution in [1.82, 2.24) is 14.7 Å². The van der Waals surface area contributed by atoms with Crippen molar-refractivity contribution in [2.45, 2.75) is 25.9 Å². The monoisotopic (exact) mass is 367 g/mol. The third kappa shape index (κ3) is 4.31. The van der Waals surface area contributed by atoms with Gasteiger partial charge in [0.15, 0.2) is 0 Å². The van der Waals surface area contributed by atoms with E-state index in [1.165, 1.54) is 0 Å². The second kappa shape index (κ2) is 7.57. The van der Waals surface area contributed by atoms with Gasteiger partial charge in [-0.05, 0) is 46.1 Å². The number of carbonyl (C=O) groups is 1. The summed E-state index contributed by atoms with van der Waals surface area (Å²) in [6.45, 7) is 8.12. The number of hydrogen-bond donors (Lipinski definition) is 0. The molecular weight excluding hydrogens is 342 g/mol. The smallest absolute Gasteiger partial charge is 0.253 e. The zero-order valence-corrected chi connectivity index (χ0v) is 15.5. The van der Waals surface area contributed by atoms with Crippen molar-refractivity contribution in [3.05, 3.63) is 34.3 Å². The average Bonchev–Trinajstić information content (AvgIpc) is 2.45. The van der Waals surface area contributed by atoms with E-state index in [0.29, 0.717) is 12.1 Å². The van der Waals surface area contributed by atoms with Gasteiger partial charge >= 0.3 is 0 Å². The van der Waals surface area contributed by atoms with Gasteiger partial charge in [0, 0.05) is 48.3 Å². The third-order valence-corrected chi connectivity index (χ3v) is 4.76. The Hall–Kier alpha value is -0.910. The topological polar surface area (TPSA) is 26.8 Å². The summed E-state index contributed by atoms with van der Waals surface area (Å²) in [5.74, 6) is 0.132. The fourth-order valence-corrected chi connectivity index (χ4v) is 3.48. The molecule has 0 bridgehead atoms. The van der Waals surface area contributed by atoms with Crippen LogP contribution in [0.25, 0.3) is 0 Å². The van der Waals surface area contributed by atoms with Crippen LogP contribution in [0, 0.1) is 0 Å². The van der Waals surface area contributed by atoms with E-state index in [9.17, 15) is 4.79 Å². The van der Waals surface area contributed by atoms with Gasteiger partial charge in [-0.2, -0.15) is 0 Å². The fourth-order valence-electron chi connectivity index (χ4n) is 3.08. The van der Waals surface area contributed by atoms with Gasteiger partial charge < -0.3 is 9.80 Å². The van der Waals surface area contributed by atoms with Crippen LogP contribution in [0.1, 0.15) is 24.2 Å². The quantitative estimate of drug-likeness (QED) is 0.817. The predicted octanol–water partition coefficient (Wildman–Crippen LogP) is 2.55. The zero-order valence-electron chi connectivity index (χ0n) is 13.9. The minimum Gasteiger partial charge on any atom is -0.336 e. The van der Waals surface area contributed by atoms with Gasteiger partial charge in [-0.15, -0.1) is 0 Å². The van der Waals surface area contributed by atoms with E-state index < -0.39 is 0 Å². The van der Waals surface area contributed by atoms with Gasteiger partial charge in [0.1, 0.15) is 0 Å². The van der Waals surface area contributed by atoms with Gasteiger partial charge in [0.25, 0.3) is 5.91 Å². The second-order valence-corrected chi connectivity index (χ2v) is 7.38. The number of benzene rings is 1. The standard InChI is InChI=1S/C17H26BrN3O/c1-13-11-20(12-14(2)21(13)9-8-19(3)4)17(22)15-6-5-7-16(18)10-15/h5-7,10,13-14H,8-9,11-12H2,1-4H3. The molecule has 4 nitrogen and oxygen atoms in total. The molecule has 122 valence electrons. The molecule has 2 atom stereocenters. The van der Waals surface area contributed by atoms with E-state index in [2.05, 4.69) is 53.7 Å². The summed E-state index contributed by atoms with van der Waals surface area (Å²) >= 11 is 3.44. The molecule has 1 aliphatic rings. The molecule has 0 radical (unpaired) electrons. The van der Waals surface area contributed by atoms with Crippen LogP contribution in [0.2, 0.25) is 0 Å². The first-order valence-electron chi connectivity index (χ1n) is 7.84. The minimum absolute atomic E-state index is 0.132. The summed E-state index contributed by atoms with van der Waals surface area (Å²) in [6.07, 6.45) is 0. The van der Waals surface area contributed by atoms with Crippen LogP contribution in [-0.2, 0) is 0 Å². The molecule has 0 aliphatic carbocycles. The molecule has 1 heterocycles. The highest BCUT2D eigenvalue weighted by atomic mass is 79.9. The molecule has 22 heavy (non-hydrogen) atoms. The Labute approximate surface area is 142 Å². The molecule has 0 saturated carbocycles. The molecule has 1 fully saturated rings. The number of likely N-dealkylation sites (N-methyl/N-ethyl adjacent to an activating group) is 1. The first-order chi connectivity index (χ1) is 10.4. The number of carbonyl (C=O) groups excluding carboxylic acids is 1. The number of rotatable bonds is 4. The van der Waals surface area contributed by atoms with E-state index in [1.807, 2.05) is 29.2 Å². The summed E-state index contributed by atoms with van der Waals surface area (Å²) in [5, 5.41) is 0. The molecule has 1 amide bonds. The normalized spacial score (nSPS) is 23.1. The summed E-state index contributed by atoms with van der Waals surface area (Å²) in [4.78, 5) is 19.4. The van der Waals surface area contributed by atoms with Crippen molar-refractivity contribution in [3.63, 3.8) is 0 Å². The molecule has 0 aromatic heterocycles. The number of piperazine rings is 1. The van der Waals surface area contributed by atoms with Gasteiger partial charge in [0.2, 0.25) is 0 Å². The molecule has 2 unspecified atom stereocenters. The first kappa shape index (κ1) is 17.4. The highest BCUT2D eigenvalue weighted by Crippen LogP contribution is 2.19. The summed E-state index contributed by atoms with van der Waals surface area (Å²) in [5.41, 5.74) is 0.760. The molecule has 1 saturated heterocycles. The second-order valence-electron chi connectivity index (χ2n) is 6.46. The minimum atomic E-state index is 0.132. The molecule has 0 spiro atoms. The van der Waals surface area contributed by atoms with Crippen molar-refractivity contribution < 1.29 is 4.79 Å². The van der Waals surface area contributed by atoms with Crippen LogP contribution >= 0.6 is 15.9 Å². The van der Waals surface area contributed by atoms with Crippen LogP contribution in [-0.4, -0.2) is 73.0 Å². The maximum absolute atomic E-state index is 12.7. The Morgan fingerprint density at radius 1 is 1.27 bits per heavy atom. The number of nitrogens with zero attached hydrogens (tertiary/aromatic N) is 3. The van der Waals surface area contributed by atoms with Crippen LogP contribution in [0.4, 0.5) is 0 Å². The van der Waals surface area contributed by atoms with E-state index in [1.54, 1.807) is 0 Å². The molecule has 5 heteroatoms. The molecule has 1 aromatic rings. The molecule has 0 N–H and O–H groups in total. The SMILES string of the molecule is CC1CN(C(=O)c2cccc(Br)c2)CC(C)N1CCN(C)C. The zero-order chi connectivity index (χ0) is 16.3. The lowest BCUT2D eigenvalue weighted by Crippen LogP contribution is -2.59. The van der Waals surface area contributed by atoms with E-state index >= 15 is 0 Å². The predicted molar refractivity (Wildman–Crippen MR) is 94.2 cm³/mol. The highest BCUT2D eigenvalue weighted by molar-refractivity contribution is 9.10. The average molecular weight is 368 g/mol. The lowest BCUT2D eigenvalue weighted by atomic mass is 10.1. The number of amides is 1. The third-order valence-electron chi connectivity index (χ3n) is 4.27. The molecular formula is C17H26BrN3O. The van der Waals surface area contributed by atoms with Crippen LogP contribution in [0.3, 0.4) is 0 Å². The van der Waals surface area contributed by atoms with Crippen molar-refractivity contribution in [2.75, 3.05) is 40.3 Å². The van der Waals surface area contributed by atoms with E-state index in [-0.39, 0.29) is 5.91 Å². The molecule has 1 aliphatic heterocycles. The van der Waals surface area contributed by atoms with Crippen molar-refractivity contribution in [1.29, 1.82) is 0 Å². The summed E-state index contributed by atoms with van der Waals surface area (Å²) in [6, 6.07) is 8.43. The Bertz CT molecular complexity index is 508. The fraction of sp³-hybridized carbons (Fsp3) is 0.588. The summed E-state index contributed by atoms with van der Waals surface area (Å²) in [7, 11) is 4.20. The van der Waals surface area contributed by atoms with Gasteiger partial charge in [-0.25, -0.2) is 0 Å². The van der Waals surface area contributed by atoms with Crippen LogP contribution in [0.5, 0.6) is 0 Å². The van der Waals surface area contributed by atoms with Crippen LogP contribution < -0.4 is 0 Å². The Morgan fingerprint density at radius 2 is 1.91 bits per heavy atom. The van der Waals surface area contributed by atoms with Crippen LogP contribution in [0.15, 0.2) is 28.7 Å². The van der Waals surface area contributed by atoms with Crippen molar-refractivity contribution in [2.24, 2.45) is 0 Å².